The minimum atomic E-state index is -3.72. The van der Waals surface area contributed by atoms with Crippen molar-refractivity contribution >= 4 is 50.3 Å². The molecular weight excluding hydrogens is 342 g/mol. The summed E-state index contributed by atoms with van der Waals surface area (Å²) in [7, 11) is -3.72. The highest BCUT2D eigenvalue weighted by molar-refractivity contribution is 7.91. The van der Waals surface area contributed by atoms with Crippen LogP contribution in [0.5, 0.6) is 0 Å². The lowest BCUT2D eigenvalue weighted by Gasteiger charge is -2.02. The van der Waals surface area contributed by atoms with E-state index in [2.05, 4.69) is 4.72 Å². The lowest BCUT2D eigenvalue weighted by molar-refractivity contribution is 0.0701. The maximum Gasteiger partial charge on any atom is 0.346 e. The number of thiophene rings is 2. The summed E-state index contributed by atoms with van der Waals surface area (Å²) in [6.45, 7) is 1.69. The molecule has 20 heavy (non-hydrogen) atoms. The van der Waals surface area contributed by atoms with Gasteiger partial charge in [-0.1, -0.05) is 11.6 Å². The Morgan fingerprint density at radius 3 is 2.60 bits per heavy atom. The first-order valence-electron chi connectivity index (χ1n) is 5.37. The first-order chi connectivity index (χ1) is 9.29. The molecule has 0 amide bonds. The van der Waals surface area contributed by atoms with E-state index < -0.39 is 16.0 Å². The summed E-state index contributed by atoms with van der Waals surface area (Å²) in [5.41, 5.74) is 0.432. The summed E-state index contributed by atoms with van der Waals surface area (Å²) in [5, 5.41) is 8.94. The third-order valence-electron chi connectivity index (χ3n) is 2.42. The van der Waals surface area contributed by atoms with Gasteiger partial charge in [-0.05, 0) is 30.7 Å². The van der Waals surface area contributed by atoms with Gasteiger partial charge in [0.25, 0.3) is 0 Å². The van der Waals surface area contributed by atoms with Gasteiger partial charge in [0.05, 0.1) is 4.34 Å². The molecule has 0 unspecified atom stereocenters. The molecule has 0 atom stereocenters. The zero-order chi connectivity index (χ0) is 14.9. The summed E-state index contributed by atoms with van der Waals surface area (Å²) in [6, 6.07) is 4.78. The lowest BCUT2D eigenvalue weighted by Crippen LogP contribution is -2.21. The van der Waals surface area contributed by atoms with E-state index in [1.54, 1.807) is 19.1 Å². The Balaban J connectivity index is 2.18. The summed E-state index contributed by atoms with van der Waals surface area (Å²) in [6.07, 6.45) is 0. The highest BCUT2D eigenvalue weighted by Gasteiger charge is 2.21. The van der Waals surface area contributed by atoms with Crippen molar-refractivity contribution in [1.29, 1.82) is 0 Å². The van der Waals surface area contributed by atoms with Crippen molar-refractivity contribution in [2.24, 2.45) is 0 Å². The summed E-state index contributed by atoms with van der Waals surface area (Å²) in [4.78, 5) is 11.7. The third kappa shape index (κ3) is 3.39. The zero-order valence-corrected chi connectivity index (χ0v) is 13.4. The second-order valence-corrected chi connectivity index (χ2v) is 8.76. The highest BCUT2D eigenvalue weighted by atomic mass is 35.5. The number of rotatable bonds is 5. The lowest BCUT2D eigenvalue weighted by atomic mass is 10.3. The normalized spacial score (nSPS) is 11.7. The molecule has 2 aromatic rings. The van der Waals surface area contributed by atoms with Gasteiger partial charge in [-0.3, -0.25) is 0 Å². The van der Waals surface area contributed by atoms with Gasteiger partial charge in [-0.15, -0.1) is 22.7 Å². The number of halogens is 1. The first kappa shape index (κ1) is 15.5. The fourth-order valence-corrected chi connectivity index (χ4v) is 5.03. The van der Waals surface area contributed by atoms with E-state index in [0.29, 0.717) is 9.90 Å². The summed E-state index contributed by atoms with van der Waals surface area (Å²) in [5.74, 6) is -1.13. The van der Waals surface area contributed by atoms with Crippen LogP contribution in [0.3, 0.4) is 0 Å². The largest absolute Gasteiger partial charge is 0.477 e. The third-order valence-corrected chi connectivity index (χ3v) is 6.75. The Hall–Kier alpha value is -0.930. The molecule has 2 N–H and O–H groups in total. The topological polar surface area (TPSA) is 83.5 Å². The summed E-state index contributed by atoms with van der Waals surface area (Å²) < 4.78 is 27.2. The molecule has 2 rings (SSSR count). The Morgan fingerprint density at radius 1 is 1.40 bits per heavy atom. The van der Waals surface area contributed by atoms with Gasteiger partial charge in [0.2, 0.25) is 10.0 Å². The minimum Gasteiger partial charge on any atom is -0.477 e. The predicted molar refractivity (Wildman–Crippen MR) is 79.4 cm³/mol. The molecule has 0 fully saturated rings. The maximum absolute atomic E-state index is 12.1. The molecule has 0 aliphatic carbocycles. The summed E-state index contributed by atoms with van der Waals surface area (Å²) >= 11 is 7.79. The molecule has 0 bridgehead atoms. The minimum absolute atomic E-state index is 0.00458. The van der Waals surface area contributed by atoms with Gasteiger partial charge in [-0.25, -0.2) is 17.9 Å². The smallest absolute Gasteiger partial charge is 0.346 e. The molecule has 2 heterocycles. The molecule has 2 aromatic heterocycles. The average molecular weight is 352 g/mol. The number of carboxylic acids is 1. The Morgan fingerprint density at radius 2 is 2.10 bits per heavy atom. The molecule has 0 aromatic carbocycles. The van der Waals surface area contributed by atoms with Crippen molar-refractivity contribution in [3.8, 4) is 0 Å². The molecule has 5 nitrogen and oxygen atoms in total. The second kappa shape index (κ2) is 5.82. The van der Waals surface area contributed by atoms with Gasteiger partial charge in [-0.2, -0.15) is 0 Å². The van der Waals surface area contributed by atoms with Crippen molar-refractivity contribution in [3.05, 3.63) is 37.9 Å². The van der Waals surface area contributed by atoms with Crippen LogP contribution in [0.1, 0.15) is 20.1 Å². The standard InChI is InChI=1S/C11H10ClNO4S3/c1-6-4-9(19-10(6)11(14)15)20(16,17)13-5-7-2-3-8(12)18-7/h2-4,13H,5H2,1H3,(H,14,15). The number of carboxylic acid groups (broad SMARTS) is 1. The van der Waals surface area contributed by atoms with Gasteiger partial charge in [0, 0.05) is 11.4 Å². The van der Waals surface area contributed by atoms with Crippen LogP contribution in [0, 0.1) is 6.92 Å². The number of hydrogen-bond donors (Lipinski definition) is 2. The van der Waals surface area contributed by atoms with Crippen LogP contribution < -0.4 is 4.72 Å². The van der Waals surface area contributed by atoms with Crippen LogP contribution in [0.2, 0.25) is 4.34 Å². The Labute approximate surface area is 128 Å². The van der Waals surface area contributed by atoms with Crippen LogP contribution in [-0.4, -0.2) is 19.5 Å². The van der Waals surface area contributed by atoms with E-state index in [0.717, 1.165) is 16.2 Å². The molecule has 0 saturated heterocycles. The number of carbonyl (C=O) groups is 1. The second-order valence-electron chi connectivity index (χ2n) is 3.91. The van der Waals surface area contributed by atoms with E-state index in [-0.39, 0.29) is 15.6 Å². The van der Waals surface area contributed by atoms with Crippen molar-refractivity contribution in [2.75, 3.05) is 0 Å². The number of nitrogens with one attached hydrogen (secondary N) is 1. The molecule has 0 aliphatic rings. The molecule has 0 saturated carbocycles. The van der Waals surface area contributed by atoms with Crippen LogP contribution in [0.4, 0.5) is 0 Å². The van der Waals surface area contributed by atoms with Crippen LogP contribution in [0.15, 0.2) is 22.4 Å². The van der Waals surface area contributed by atoms with Crippen LogP contribution >= 0.6 is 34.3 Å². The van der Waals surface area contributed by atoms with E-state index in [9.17, 15) is 13.2 Å². The molecule has 0 aliphatic heterocycles. The van der Waals surface area contributed by atoms with Crippen LogP contribution in [0.25, 0.3) is 0 Å². The maximum atomic E-state index is 12.1. The molecule has 9 heteroatoms. The first-order valence-corrected chi connectivity index (χ1v) is 8.86. The molecule has 0 radical (unpaired) electrons. The number of aromatic carboxylic acids is 1. The number of hydrogen-bond acceptors (Lipinski definition) is 5. The van der Waals surface area contributed by atoms with Gasteiger partial charge in [0.1, 0.15) is 9.09 Å². The fourth-order valence-electron chi connectivity index (χ4n) is 1.48. The van der Waals surface area contributed by atoms with Gasteiger partial charge in [0.15, 0.2) is 0 Å². The Bertz CT molecular complexity index is 748. The quantitative estimate of drug-likeness (QED) is 0.867. The van der Waals surface area contributed by atoms with Crippen LogP contribution in [-0.2, 0) is 16.6 Å². The monoisotopic (exact) mass is 351 g/mol. The van der Waals surface area contributed by atoms with E-state index in [1.807, 2.05) is 0 Å². The van der Waals surface area contributed by atoms with Gasteiger partial charge < -0.3 is 5.11 Å². The SMILES string of the molecule is Cc1cc(S(=O)(=O)NCc2ccc(Cl)s2)sc1C(=O)O. The molecule has 108 valence electrons. The average Bonchev–Trinajstić information content (AvgIpc) is 2.93. The Kier molecular flexibility index (Phi) is 4.50. The molecule has 0 spiro atoms. The number of sulfonamides is 1. The van der Waals surface area contributed by atoms with Gasteiger partial charge >= 0.3 is 5.97 Å². The van der Waals surface area contributed by atoms with E-state index >= 15 is 0 Å². The number of aryl methyl sites for hydroxylation is 1. The van der Waals surface area contributed by atoms with Crippen molar-refractivity contribution in [2.45, 2.75) is 17.7 Å². The highest BCUT2D eigenvalue weighted by Crippen LogP contribution is 2.26. The van der Waals surface area contributed by atoms with Crippen molar-refractivity contribution in [3.63, 3.8) is 0 Å². The van der Waals surface area contributed by atoms with E-state index in [4.69, 9.17) is 16.7 Å². The fraction of sp³-hybridized carbons (Fsp3) is 0.182. The predicted octanol–water partition coefficient (Wildman–Crippen LogP) is 2.95. The zero-order valence-electron chi connectivity index (χ0n) is 10.2. The van der Waals surface area contributed by atoms with E-state index in [1.165, 1.54) is 17.4 Å². The van der Waals surface area contributed by atoms with Crippen molar-refractivity contribution < 1.29 is 18.3 Å². The van der Waals surface area contributed by atoms with Crippen molar-refractivity contribution in [1.82, 2.24) is 4.72 Å². The molecular formula is C11H10ClNO4S3.